The summed E-state index contributed by atoms with van der Waals surface area (Å²) in [5.41, 5.74) is 6.24. The number of halogens is 2. The predicted octanol–water partition coefficient (Wildman–Crippen LogP) is 2.76. The van der Waals surface area contributed by atoms with Gasteiger partial charge in [-0.25, -0.2) is 8.78 Å². The van der Waals surface area contributed by atoms with E-state index in [4.69, 9.17) is 5.73 Å². The zero-order chi connectivity index (χ0) is 9.84. The third-order valence-electron chi connectivity index (χ3n) is 1.91. The van der Waals surface area contributed by atoms with Gasteiger partial charge in [-0.15, -0.1) is 0 Å². The maximum Gasteiger partial charge on any atom is 0.126 e. The summed E-state index contributed by atoms with van der Waals surface area (Å²) in [4.78, 5) is 0. The van der Waals surface area contributed by atoms with Crippen LogP contribution in [0.4, 0.5) is 8.78 Å². The highest BCUT2D eigenvalue weighted by Crippen LogP contribution is 2.17. The summed E-state index contributed by atoms with van der Waals surface area (Å²) in [6.07, 6.45) is 1.64. The van der Waals surface area contributed by atoms with Crippen molar-refractivity contribution in [1.29, 1.82) is 0 Å². The maximum atomic E-state index is 12.7. The molecule has 0 aromatic heterocycles. The summed E-state index contributed by atoms with van der Waals surface area (Å²) < 4.78 is 25.5. The number of hydrogen-bond acceptors (Lipinski definition) is 1. The van der Waals surface area contributed by atoms with Gasteiger partial charge < -0.3 is 5.73 Å². The van der Waals surface area contributed by atoms with Gasteiger partial charge in [0, 0.05) is 12.1 Å². The van der Waals surface area contributed by atoms with Gasteiger partial charge in [-0.1, -0.05) is 13.3 Å². The van der Waals surface area contributed by atoms with E-state index >= 15 is 0 Å². The second kappa shape index (κ2) is 4.33. The smallest absolute Gasteiger partial charge is 0.126 e. The van der Waals surface area contributed by atoms with Gasteiger partial charge in [0.2, 0.25) is 0 Å². The zero-order valence-corrected chi connectivity index (χ0v) is 7.56. The van der Waals surface area contributed by atoms with E-state index in [1.54, 1.807) is 0 Å². The summed E-state index contributed by atoms with van der Waals surface area (Å²) in [7, 11) is 0. The first-order valence-electron chi connectivity index (χ1n) is 4.35. The minimum atomic E-state index is -0.568. The van der Waals surface area contributed by atoms with E-state index in [1.807, 2.05) is 6.92 Å². The van der Waals surface area contributed by atoms with Crippen LogP contribution in [0.3, 0.4) is 0 Å². The molecule has 1 aromatic rings. The Bertz CT molecular complexity index is 266. The number of nitrogens with two attached hydrogens (primary N) is 1. The number of rotatable bonds is 3. The normalized spacial score (nSPS) is 12.9. The first kappa shape index (κ1) is 10.1. The van der Waals surface area contributed by atoms with Gasteiger partial charge >= 0.3 is 0 Å². The highest BCUT2D eigenvalue weighted by Gasteiger charge is 2.07. The molecule has 1 nitrogen and oxygen atoms in total. The zero-order valence-electron chi connectivity index (χ0n) is 7.56. The molecular formula is C10H13F2N. The van der Waals surface area contributed by atoms with Crippen molar-refractivity contribution in [3.8, 4) is 0 Å². The Morgan fingerprint density at radius 1 is 1.23 bits per heavy atom. The Morgan fingerprint density at radius 3 is 2.23 bits per heavy atom. The third kappa shape index (κ3) is 2.77. The lowest BCUT2D eigenvalue weighted by Gasteiger charge is -2.10. The van der Waals surface area contributed by atoms with Crippen molar-refractivity contribution in [2.75, 3.05) is 0 Å². The van der Waals surface area contributed by atoms with Crippen LogP contribution in [0.2, 0.25) is 0 Å². The molecule has 0 aliphatic rings. The first-order chi connectivity index (χ1) is 6.13. The van der Waals surface area contributed by atoms with E-state index in [0.717, 1.165) is 18.9 Å². The van der Waals surface area contributed by atoms with E-state index < -0.39 is 11.6 Å². The summed E-state index contributed by atoms with van der Waals surface area (Å²) in [5, 5.41) is 0. The molecule has 1 rings (SSSR count). The molecule has 0 spiro atoms. The molecule has 72 valence electrons. The van der Waals surface area contributed by atoms with Gasteiger partial charge in [0.25, 0.3) is 0 Å². The largest absolute Gasteiger partial charge is 0.324 e. The molecule has 0 aliphatic heterocycles. The standard InChI is InChI=1S/C10H13F2N/c1-2-3-10(13)7-4-8(11)6-9(12)5-7/h4-6,10H,2-3,13H2,1H3. The molecule has 1 unspecified atom stereocenters. The lowest BCUT2D eigenvalue weighted by Crippen LogP contribution is -2.10. The minimum absolute atomic E-state index is 0.268. The molecule has 0 aliphatic carbocycles. The van der Waals surface area contributed by atoms with E-state index in [9.17, 15) is 8.78 Å². The van der Waals surface area contributed by atoms with Crippen molar-refractivity contribution in [2.45, 2.75) is 25.8 Å². The lowest BCUT2D eigenvalue weighted by atomic mass is 10.0. The molecule has 0 radical (unpaired) electrons. The van der Waals surface area contributed by atoms with Crippen molar-refractivity contribution in [3.63, 3.8) is 0 Å². The fourth-order valence-electron chi connectivity index (χ4n) is 1.27. The van der Waals surface area contributed by atoms with Crippen molar-refractivity contribution in [3.05, 3.63) is 35.4 Å². The van der Waals surface area contributed by atoms with Crippen LogP contribution in [-0.2, 0) is 0 Å². The minimum Gasteiger partial charge on any atom is -0.324 e. The first-order valence-corrected chi connectivity index (χ1v) is 4.35. The Balaban J connectivity index is 2.87. The van der Waals surface area contributed by atoms with Gasteiger partial charge in [0.1, 0.15) is 11.6 Å². The molecule has 13 heavy (non-hydrogen) atoms. The fraction of sp³-hybridized carbons (Fsp3) is 0.400. The van der Waals surface area contributed by atoms with E-state index in [0.29, 0.717) is 5.56 Å². The van der Waals surface area contributed by atoms with E-state index in [2.05, 4.69) is 0 Å². The van der Waals surface area contributed by atoms with Crippen LogP contribution in [0.1, 0.15) is 31.4 Å². The summed E-state index contributed by atoms with van der Waals surface area (Å²) in [5.74, 6) is -1.14. The van der Waals surface area contributed by atoms with Crippen LogP contribution in [0, 0.1) is 11.6 Å². The fourth-order valence-corrected chi connectivity index (χ4v) is 1.27. The van der Waals surface area contributed by atoms with Crippen LogP contribution in [0.25, 0.3) is 0 Å². The van der Waals surface area contributed by atoms with E-state index in [1.165, 1.54) is 12.1 Å². The molecule has 0 saturated carbocycles. The molecule has 1 aromatic carbocycles. The van der Waals surface area contributed by atoms with Crippen molar-refractivity contribution >= 4 is 0 Å². The maximum absolute atomic E-state index is 12.7. The van der Waals surface area contributed by atoms with Crippen LogP contribution in [0.15, 0.2) is 18.2 Å². The quantitative estimate of drug-likeness (QED) is 0.769. The van der Waals surface area contributed by atoms with E-state index in [-0.39, 0.29) is 6.04 Å². The molecule has 3 heteroatoms. The molecule has 0 saturated heterocycles. The second-order valence-corrected chi connectivity index (χ2v) is 3.10. The molecule has 0 bridgehead atoms. The van der Waals surface area contributed by atoms with Crippen LogP contribution in [-0.4, -0.2) is 0 Å². The summed E-state index contributed by atoms with van der Waals surface area (Å²) in [6.45, 7) is 1.98. The second-order valence-electron chi connectivity index (χ2n) is 3.10. The van der Waals surface area contributed by atoms with Crippen molar-refractivity contribution in [2.24, 2.45) is 5.73 Å². The average molecular weight is 185 g/mol. The molecule has 0 heterocycles. The van der Waals surface area contributed by atoms with Crippen LogP contribution in [0.5, 0.6) is 0 Å². The Hall–Kier alpha value is -0.960. The SMILES string of the molecule is CCCC(N)c1cc(F)cc(F)c1. The topological polar surface area (TPSA) is 26.0 Å². The Kier molecular flexibility index (Phi) is 3.37. The van der Waals surface area contributed by atoms with Gasteiger partial charge in [-0.3, -0.25) is 0 Å². The highest BCUT2D eigenvalue weighted by molar-refractivity contribution is 5.20. The van der Waals surface area contributed by atoms with Crippen molar-refractivity contribution in [1.82, 2.24) is 0 Å². The molecule has 2 N–H and O–H groups in total. The molecule has 0 fully saturated rings. The highest BCUT2D eigenvalue weighted by atomic mass is 19.1. The Labute approximate surface area is 76.6 Å². The monoisotopic (exact) mass is 185 g/mol. The Morgan fingerprint density at radius 2 is 1.77 bits per heavy atom. The molecule has 1 atom stereocenters. The third-order valence-corrected chi connectivity index (χ3v) is 1.91. The number of benzene rings is 1. The van der Waals surface area contributed by atoms with Crippen molar-refractivity contribution < 1.29 is 8.78 Å². The average Bonchev–Trinajstić information content (AvgIpc) is 2.03. The van der Waals surface area contributed by atoms with Gasteiger partial charge in [0.05, 0.1) is 0 Å². The lowest BCUT2D eigenvalue weighted by molar-refractivity contribution is 0.565. The summed E-state index contributed by atoms with van der Waals surface area (Å²) >= 11 is 0. The number of hydrogen-bond donors (Lipinski definition) is 1. The van der Waals surface area contributed by atoms with Crippen LogP contribution < -0.4 is 5.73 Å². The van der Waals surface area contributed by atoms with Crippen LogP contribution >= 0.6 is 0 Å². The van der Waals surface area contributed by atoms with Gasteiger partial charge in [-0.2, -0.15) is 0 Å². The molecular weight excluding hydrogens is 172 g/mol. The summed E-state index contributed by atoms with van der Waals surface area (Å²) in [6, 6.07) is 3.14. The van der Waals surface area contributed by atoms with Gasteiger partial charge in [-0.05, 0) is 24.1 Å². The molecule has 0 amide bonds. The van der Waals surface area contributed by atoms with Gasteiger partial charge in [0.15, 0.2) is 0 Å². The predicted molar refractivity (Wildman–Crippen MR) is 48.2 cm³/mol.